The van der Waals surface area contributed by atoms with Crippen molar-refractivity contribution in [2.45, 2.75) is 66.0 Å². The maximum Gasteiger partial charge on any atom is 0.334 e. The number of H-pyrrole nitrogens is 1. The molecule has 0 unspecified atom stereocenters. The molecule has 0 bridgehead atoms. The Kier molecular flexibility index (Phi) is 7.30. The molecule has 5 rings (SSSR count). The highest BCUT2D eigenvalue weighted by Gasteiger charge is 2.21. The van der Waals surface area contributed by atoms with E-state index in [4.69, 9.17) is 0 Å². The predicted octanol–water partition coefficient (Wildman–Crippen LogP) is 4.61. The molecule has 0 aliphatic rings. The van der Waals surface area contributed by atoms with E-state index in [0.29, 0.717) is 18.9 Å². The third-order valence-corrected chi connectivity index (χ3v) is 6.79. The van der Waals surface area contributed by atoms with Gasteiger partial charge in [0.05, 0.1) is 18.4 Å². The van der Waals surface area contributed by atoms with Crippen LogP contribution in [0.25, 0.3) is 28.3 Å². The van der Waals surface area contributed by atoms with Crippen molar-refractivity contribution in [1.29, 1.82) is 0 Å². The largest absolute Gasteiger partial charge is 0.334 e. The minimum absolute atomic E-state index is 0.0692. The van der Waals surface area contributed by atoms with E-state index in [0.717, 1.165) is 58.7 Å². The number of nitrogens with one attached hydrogen (secondary N) is 1. The summed E-state index contributed by atoms with van der Waals surface area (Å²) in [6, 6.07) is 12.0. The minimum atomic E-state index is -0.0692. The molecule has 10 heteroatoms. The van der Waals surface area contributed by atoms with Crippen LogP contribution in [0, 0.1) is 0 Å². The van der Waals surface area contributed by atoms with Crippen molar-refractivity contribution in [3.63, 3.8) is 0 Å². The van der Waals surface area contributed by atoms with Gasteiger partial charge in [0.1, 0.15) is 5.82 Å². The van der Waals surface area contributed by atoms with Crippen LogP contribution < -0.4 is 5.69 Å². The van der Waals surface area contributed by atoms with Crippen LogP contribution >= 0.6 is 0 Å². The summed E-state index contributed by atoms with van der Waals surface area (Å²) in [7, 11) is 0. The first kappa shape index (κ1) is 25.3. The second-order valence-corrected chi connectivity index (χ2v) is 9.72. The second kappa shape index (κ2) is 11.0. The number of benzene rings is 1. The van der Waals surface area contributed by atoms with Crippen molar-refractivity contribution >= 4 is 0 Å². The molecule has 4 aromatic heterocycles. The quantitative estimate of drug-likeness (QED) is 0.293. The number of hydrogen-bond donors (Lipinski definition) is 1. The fourth-order valence-electron chi connectivity index (χ4n) is 4.73. The smallest absolute Gasteiger partial charge is 0.290 e. The van der Waals surface area contributed by atoms with Crippen LogP contribution in [0.4, 0.5) is 0 Å². The zero-order valence-electron chi connectivity index (χ0n) is 22.3. The average Bonchev–Trinajstić information content (AvgIpc) is 3.68. The first-order valence-corrected chi connectivity index (χ1v) is 13.2. The number of pyridine rings is 1. The molecule has 5 aromatic rings. The lowest BCUT2D eigenvalue weighted by Gasteiger charge is -2.10. The van der Waals surface area contributed by atoms with Crippen LogP contribution in [0.1, 0.15) is 63.4 Å². The number of imidazole rings is 1. The van der Waals surface area contributed by atoms with Crippen molar-refractivity contribution in [3.05, 3.63) is 82.4 Å². The van der Waals surface area contributed by atoms with Crippen molar-refractivity contribution in [1.82, 2.24) is 44.5 Å². The monoisotopic (exact) mass is 511 g/mol. The highest BCUT2D eigenvalue weighted by Crippen LogP contribution is 2.26. The predicted molar refractivity (Wildman–Crippen MR) is 146 cm³/mol. The van der Waals surface area contributed by atoms with Gasteiger partial charge >= 0.3 is 5.69 Å². The number of aromatic amines is 1. The maximum atomic E-state index is 13.9. The van der Waals surface area contributed by atoms with E-state index in [1.165, 1.54) is 0 Å². The molecule has 38 heavy (non-hydrogen) atoms. The number of nitrogens with zero attached hydrogens (tertiary/aromatic N) is 8. The molecule has 0 aliphatic carbocycles. The van der Waals surface area contributed by atoms with Gasteiger partial charge in [-0.3, -0.25) is 14.1 Å². The lowest BCUT2D eigenvalue weighted by molar-refractivity contribution is 0.620. The highest BCUT2D eigenvalue weighted by atomic mass is 16.1. The zero-order valence-corrected chi connectivity index (χ0v) is 22.3. The number of aromatic nitrogens is 9. The Labute approximate surface area is 221 Å². The van der Waals surface area contributed by atoms with Crippen LogP contribution in [0.2, 0.25) is 0 Å². The Morgan fingerprint density at radius 1 is 1.05 bits per heavy atom. The average molecular weight is 512 g/mol. The number of aryl methyl sites for hydroxylation is 2. The summed E-state index contributed by atoms with van der Waals surface area (Å²) in [5.74, 6) is 1.72. The fraction of sp³-hybridized carbons (Fsp3) is 0.357. The molecule has 10 nitrogen and oxygen atoms in total. The Morgan fingerprint density at radius 2 is 1.87 bits per heavy atom. The number of unbranched alkanes of at least 4 members (excludes halogenated alkanes) is 1. The molecular weight excluding hydrogens is 478 g/mol. The summed E-state index contributed by atoms with van der Waals surface area (Å²) in [6.45, 7) is 9.55. The lowest BCUT2D eigenvalue weighted by atomic mass is 10.0. The molecule has 1 N–H and O–H groups in total. The van der Waals surface area contributed by atoms with Gasteiger partial charge in [-0.05, 0) is 65.4 Å². The van der Waals surface area contributed by atoms with Gasteiger partial charge in [-0.25, -0.2) is 14.6 Å². The first-order valence-electron chi connectivity index (χ1n) is 13.2. The second-order valence-electron chi connectivity index (χ2n) is 9.72. The molecule has 0 saturated carbocycles. The van der Waals surface area contributed by atoms with Crippen LogP contribution in [0.15, 0.2) is 59.8 Å². The molecule has 196 valence electrons. The van der Waals surface area contributed by atoms with E-state index in [9.17, 15) is 4.79 Å². The van der Waals surface area contributed by atoms with E-state index in [1.54, 1.807) is 10.8 Å². The SMILES string of the molecule is CCCCc1cn(-c2c(C(C)C)cnn2CC)c(=O)n1Cc1cc(-c2cccc(-c3nnn[nH]3)c2)ccn1. The summed E-state index contributed by atoms with van der Waals surface area (Å²) in [4.78, 5) is 18.5. The Morgan fingerprint density at radius 3 is 2.61 bits per heavy atom. The summed E-state index contributed by atoms with van der Waals surface area (Å²) in [5, 5.41) is 18.7. The number of rotatable bonds is 10. The summed E-state index contributed by atoms with van der Waals surface area (Å²) >= 11 is 0. The van der Waals surface area contributed by atoms with E-state index in [2.05, 4.69) is 51.5 Å². The van der Waals surface area contributed by atoms with Gasteiger partial charge in [0, 0.05) is 35.8 Å². The third kappa shape index (κ3) is 4.93. The van der Waals surface area contributed by atoms with Gasteiger partial charge in [-0.15, -0.1) is 5.10 Å². The van der Waals surface area contributed by atoms with E-state index in [-0.39, 0.29) is 11.6 Å². The van der Waals surface area contributed by atoms with Gasteiger partial charge in [0.2, 0.25) is 0 Å². The molecule has 0 aliphatic heterocycles. The van der Waals surface area contributed by atoms with Crippen molar-refractivity contribution in [3.8, 4) is 28.3 Å². The summed E-state index contributed by atoms with van der Waals surface area (Å²) in [6.07, 6.45) is 8.55. The van der Waals surface area contributed by atoms with Crippen LogP contribution in [-0.2, 0) is 19.5 Å². The van der Waals surface area contributed by atoms with Crippen LogP contribution in [0.3, 0.4) is 0 Å². The molecule has 0 atom stereocenters. The van der Waals surface area contributed by atoms with Gasteiger partial charge in [0.15, 0.2) is 5.82 Å². The topological polar surface area (TPSA) is 112 Å². The fourth-order valence-corrected chi connectivity index (χ4v) is 4.73. The minimum Gasteiger partial charge on any atom is -0.290 e. The molecule has 4 heterocycles. The molecular formula is C28H33N9O. The van der Waals surface area contributed by atoms with Crippen LogP contribution in [0.5, 0.6) is 0 Å². The third-order valence-electron chi connectivity index (χ3n) is 6.79. The zero-order chi connectivity index (χ0) is 26.6. The standard InChI is InChI=1S/C28H33N9O/c1-5-7-11-24-18-36(27-25(19(3)4)16-30-37(27)6-2)28(38)35(24)17-23-15-21(12-13-29-23)20-9-8-10-22(14-20)26-31-33-34-32-26/h8-10,12-16,18-19H,5-7,11,17H2,1-4H3,(H,31,32,33,34). The van der Waals surface area contributed by atoms with Gasteiger partial charge in [0.25, 0.3) is 0 Å². The van der Waals surface area contributed by atoms with Gasteiger partial charge in [-0.2, -0.15) is 5.10 Å². The van der Waals surface area contributed by atoms with Crippen molar-refractivity contribution < 1.29 is 0 Å². The van der Waals surface area contributed by atoms with E-state index < -0.39 is 0 Å². The Bertz CT molecular complexity index is 1570. The number of tetrazole rings is 1. The van der Waals surface area contributed by atoms with Crippen LogP contribution in [-0.4, -0.2) is 44.5 Å². The molecule has 0 amide bonds. The normalized spacial score (nSPS) is 11.5. The van der Waals surface area contributed by atoms with Crippen molar-refractivity contribution in [2.75, 3.05) is 0 Å². The molecule has 0 radical (unpaired) electrons. The lowest BCUT2D eigenvalue weighted by Crippen LogP contribution is -2.27. The summed E-state index contributed by atoms with van der Waals surface area (Å²) in [5.41, 5.74) is 5.75. The first-order chi connectivity index (χ1) is 18.5. The van der Waals surface area contributed by atoms with Gasteiger partial charge < -0.3 is 0 Å². The summed E-state index contributed by atoms with van der Waals surface area (Å²) < 4.78 is 5.53. The van der Waals surface area contributed by atoms with Gasteiger partial charge in [-0.1, -0.05) is 45.4 Å². The molecule has 1 aromatic carbocycles. The molecule has 0 spiro atoms. The molecule has 0 saturated heterocycles. The van der Waals surface area contributed by atoms with E-state index in [1.807, 2.05) is 65.0 Å². The highest BCUT2D eigenvalue weighted by molar-refractivity contribution is 5.70. The molecule has 0 fully saturated rings. The van der Waals surface area contributed by atoms with Crippen molar-refractivity contribution in [2.24, 2.45) is 0 Å². The van der Waals surface area contributed by atoms with E-state index >= 15 is 0 Å². The Balaban J connectivity index is 1.53. The number of hydrogen-bond acceptors (Lipinski definition) is 6. The Hall–Kier alpha value is -4.34. The maximum absolute atomic E-state index is 13.9.